The topological polar surface area (TPSA) is 64.2 Å². The Labute approximate surface area is 102 Å². The molecule has 5 heteroatoms. The summed E-state index contributed by atoms with van der Waals surface area (Å²) in [6, 6.07) is 0.304. The summed E-state index contributed by atoms with van der Waals surface area (Å²) in [6.07, 6.45) is 4.39. The number of hydrogen-bond donors (Lipinski definition) is 1. The molecule has 17 heavy (non-hydrogen) atoms. The number of imidazole rings is 1. The third-order valence-electron chi connectivity index (χ3n) is 2.86. The second-order valence-corrected chi connectivity index (χ2v) is 5.87. The molecule has 0 aliphatic carbocycles. The van der Waals surface area contributed by atoms with Gasteiger partial charge in [-0.1, -0.05) is 20.8 Å². The normalized spacial score (nSPS) is 18.1. The minimum atomic E-state index is -0.486. The molecule has 1 radical (unpaired) electrons. The number of carbonyl (C=O) groups is 1. The van der Waals surface area contributed by atoms with Gasteiger partial charge in [-0.05, 0) is 5.41 Å². The number of nitrogens with two attached hydrogens (primary N) is 1. The smallest absolute Gasteiger partial charge is 0.284 e. The predicted octanol–water partition coefficient (Wildman–Crippen LogP) is 0.685. The third kappa shape index (κ3) is 2.66. The second-order valence-electron chi connectivity index (χ2n) is 5.87. The summed E-state index contributed by atoms with van der Waals surface area (Å²) < 4.78 is 1.83. The number of carbonyl (C=O) groups excluding carboxylic acids is 1. The van der Waals surface area contributed by atoms with Crippen LogP contribution in [-0.2, 0) is 0 Å². The van der Waals surface area contributed by atoms with Crippen LogP contribution in [0.4, 0.5) is 0 Å². The Morgan fingerprint density at radius 1 is 1.59 bits per heavy atom. The van der Waals surface area contributed by atoms with Gasteiger partial charge >= 0.3 is 0 Å². The predicted molar refractivity (Wildman–Crippen MR) is 64.5 cm³/mol. The van der Waals surface area contributed by atoms with Crippen molar-refractivity contribution in [3.8, 4) is 0 Å². The lowest BCUT2D eigenvalue weighted by molar-refractivity contribution is 0.0669. The van der Waals surface area contributed by atoms with Crippen molar-refractivity contribution in [2.24, 2.45) is 11.1 Å². The molecule has 0 atom stereocenters. The van der Waals surface area contributed by atoms with Gasteiger partial charge < -0.3 is 10.3 Å². The molecule has 0 aromatic carbocycles. The molecule has 1 aromatic heterocycles. The van der Waals surface area contributed by atoms with Crippen molar-refractivity contribution >= 4 is 5.91 Å². The maximum Gasteiger partial charge on any atom is 0.284 e. The average molecular weight is 235 g/mol. The van der Waals surface area contributed by atoms with Gasteiger partial charge in [0.25, 0.3) is 5.91 Å². The molecule has 1 aliphatic heterocycles. The van der Waals surface area contributed by atoms with Crippen molar-refractivity contribution in [1.29, 1.82) is 0 Å². The van der Waals surface area contributed by atoms with E-state index in [0.29, 0.717) is 17.3 Å². The molecule has 0 unspecified atom stereocenters. The highest BCUT2D eigenvalue weighted by atomic mass is 16.1. The van der Waals surface area contributed by atoms with Crippen LogP contribution in [0.5, 0.6) is 0 Å². The van der Waals surface area contributed by atoms with E-state index in [4.69, 9.17) is 5.73 Å². The van der Waals surface area contributed by atoms with Crippen molar-refractivity contribution in [3.05, 3.63) is 18.2 Å². The maximum atomic E-state index is 11.1. The first-order valence-electron chi connectivity index (χ1n) is 5.84. The van der Waals surface area contributed by atoms with Gasteiger partial charge in [-0.2, -0.15) is 0 Å². The van der Waals surface area contributed by atoms with Crippen molar-refractivity contribution in [2.75, 3.05) is 19.6 Å². The van der Waals surface area contributed by atoms with Crippen molar-refractivity contribution in [3.63, 3.8) is 0 Å². The molecule has 0 saturated carbocycles. The molecule has 0 spiro atoms. The molecule has 1 fully saturated rings. The fourth-order valence-corrected chi connectivity index (χ4v) is 2.25. The molecule has 2 rings (SSSR count). The molecular weight excluding hydrogens is 216 g/mol. The number of rotatable bonds is 3. The summed E-state index contributed by atoms with van der Waals surface area (Å²) in [6.45, 7) is 9.62. The van der Waals surface area contributed by atoms with Crippen LogP contribution in [-0.4, -0.2) is 40.0 Å². The van der Waals surface area contributed by atoms with Gasteiger partial charge in [0.1, 0.15) is 6.20 Å². The van der Waals surface area contributed by atoms with E-state index in [1.807, 2.05) is 4.57 Å². The Bertz CT molecular complexity index is 412. The lowest BCUT2D eigenvalue weighted by atomic mass is 9.93. The number of primary amides is 1. The number of nitrogens with zero attached hydrogens (tertiary/aromatic N) is 3. The number of aromatic nitrogens is 2. The van der Waals surface area contributed by atoms with Gasteiger partial charge in [-0.3, -0.25) is 9.69 Å². The van der Waals surface area contributed by atoms with E-state index in [2.05, 4.69) is 36.9 Å². The van der Waals surface area contributed by atoms with E-state index in [1.165, 1.54) is 0 Å². The summed E-state index contributed by atoms with van der Waals surface area (Å²) in [7, 11) is 0. The second kappa shape index (κ2) is 4.14. The van der Waals surface area contributed by atoms with Crippen LogP contribution in [0.15, 0.2) is 6.20 Å². The first-order chi connectivity index (χ1) is 7.87. The fraction of sp³-hybridized carbons (Fsp3) is 0.667. The molecule has 2 N–H and O–H groups in total. The highest BCUT2D eigenvalue weighted by Crippen LogP contribution is 2.26. The van der Waals surface area contributed by atoms with E-state index >= 15 is 0 Å². The van der Waals surface area contributed by atoms with Crippen LogP contribution in [0, 0.1) is 11.6 Å². The Balaban J connectivity index is 1.95. The number of amides is 1. The van der Waals surface area contributed by atoms with Crippen LogP contribution < -0.4 is 5.73 Å². The molecule has 93 valence electrons. The standard InChI is InChI=1S/C12H19N4O/c1-12(2,3)8-15-6-9(7-15)16-5-4-14-11(16)10(13)17/h5,9H,6-8H2,1-3H3,(H2,13,17). The maximum absolute atomic E-state index is 11.1. The molecular formula is C12H19N4O. The zero-order valence-corrected chi connectivity index (χ0v) is 10.6. The van der Waals surface area contributed by atoms with Gasteiger partial charge in [0.05, 0.1) is 6.04 Å². The van der Waals surface area contributed by atoms with E-state index in [1.54, 1.807) is 6.20 Å². The van der Waals surface area contributed by atoms with E-state index < -0.39 is 5.91 Å². The van der Waals surface area contributed by atoms with Gasteiger partial charge in [-0.25, -0.2) is 4.98 Å². The average Bonchev–Trinajstić information content (AvgIpc) is 2.56. The SMILES string of the molecule is CC(C)(C)CN1CC(n2c[c]nc2C(N)=O)C1. The molecule has 1 saturated heterocycles. The highest BCUT2D eigenvalue weighted by molar-refractivity contribution is 5.89. The molecule has 5 nitrogen and oxygen atoms in total. The van der Waals surface area contributed by atoms with Crippen LogP contribution in [0.2, 0.25) is 0 Å². The fourth-order valence-electron chi connectivity index (χ4n) is 2.25. The van der Waals surface area contributed by atoms with E-state index in [0.717, 1.165) is 19.6 Å². The van der Waals surface area contributed by atoms with Gasteiger partial charge in [0, 0.05) is 25.8 Å². The minimum absolute atomic E-state index is 0.304. The zero-order chi connectivity index (χ0) is 12.6. The van der Waals surface area contributed by atoms with E-state index in [9.17, 15) is 4.79 Å². The summed E-state index contributed by atoms with van der Waals surface area (Å²) in [5, 5.41) is 0. The van der Waals surface area contributed by atoms with Crippen molar-refractivity contribution in [2.45, 2.75) is 26.8 Å². The Morgan fingerprint density at radius 3 is 2.76 bits per heavy atom. The molecule has 0 bridgehead atoms. The molecule has 1 amide bonds. The molecule has 2 heterocycles. The summed E-state index contributed by atoms with van der Waals surface area (Å²) in [5.74, 6) is -0.175. The van der Waals surface area contributed by atoms with Gasteiger partial charge in [-0.15, -0.1) is 0 Å². The van der Waals surface area contributed by atoms with Crippen LogP contribution in [0.25, 0.3) is 0 Å². The minimum Gasteiger partial charge on any atom is -0.363 e. The summed E-state index contributed by atoms with van der Waals surface area (Å²) in [4.78, 5) is 17.4. The number of likely N-dealkylation sites (tertiary alicyclic amines) is 1. The van der Waals surface area contributed by atoms with Crippen LogP contribution in [0.3, 0.4) is 0 Å². The first kappa shape index (κ1) is 12.1. The summed E-state index contributed by atoms with van der Waals surface area (Å²) in [5.41, 5.74) is 5.56. The quantitative estimate of drug-likeness (QED) is 0.838. The lowest BCUT2D eigenvalue weighted by Gasteiger charge is -2.43. The largest absolute Gasteiger partial charge is 0.363 e. The van der Waals surface area contributed by atoms with Crippen molar-refractivity contribution in [1.82, 2.24) is 14.5 Å². The highest BCUT2D eigenvalue weighted by Gasteiger charge is 2.32. The van der Waals surface area contributed by atoms with Gasteiger partial charge in [0.2, 0.25) is 0 Å². The van der Waals surface area contributed by atoms with Crippen LogP contribution >= 0.6 is 0 Å². The first-order valence-corrected chi connectivity index (χ1v) is 5.84. The van der Waals surface area contributed by atoms with Gasteiger partial charge in [0.15, 0.2) is 5.82 Å². The Hall–Kier alpha value is -1.36. The molecule has 1 aliphatic rings. The van der Waals surface area contributed by atoms with E-state index in [-0.39, 0.29) is 0 Å². The van der Waals surface area contributed by atoms with Crippen LogP contribution in [0.1, 0.15) is 37.4 Å². The third-order valence-corrected chi connectivity index (χ3v) is 2.86. The lowest BCUT2D eigenvalue weighted by Crippen LogP contribution is -2.51. The van der Waals surface area contributed by atoms with Crippen molar-refractivity contribution < 1.29 is 4.79 Å². The number of hydrogen-bond acceptors (Lipinski definition) is 3. The molecule has 1 aromatic rings. The summed E-state index contributed by atoms with van der Waals surface area (Å²) >= 11 is 0. The zero-order valence-electron chi connectivity index (χ0n) is 10.6. The Morgan fingerprint density at radius 2 is 2.24 bits per heavy atom. The Kier molecular flexibility index (Phi) is 2.95. The monoisotopic (exact) mass is 235 g/mol.